The van der Waals surface area contributed by atoms with E-state index in [1.54, 1.807) is 6.92 Å². The smallest absolute Gasteiger partial charge is 0.462 e. The van der Waals surface area contributed by atoms with E-state index in [0.717, 1.165) is 19.3 Å². The first-order valence-corrected chi connectivity index (χ1v) is 10.2. The Balaban J connectivity index is 4.50. The van der Waals surface area contributed by atoms with Gasteiger partial charge in [-0.05, 0) is 32.6 Å². The van der Waals surface area contributed by atoms with Crippen LogP contribution in [-0.4, -0.2) is 41.2 Å². The zero-order valence-electron chi connectivity index (χ0n) is 14.6. The molecule has 0 unspecified atom stereocenters. The molecule has 0 bridgehead atoms. The van der Waals surface area contributed by atoms with Crippen molar-refractivity contribution in [2.75, 3.05) is 26.4 Å². The van der Waals surface area contributed by atoms with E-state index in [0.29, 0.717) is 44.5 Å². The average molecular weight is 333 g/mol. The van der Waals surface area contributed by atoms with Crippen molar-refractivity contribution in [2.24, 2.45) is 0 Å². The molecule has 0 spiro atoms. The third-order valence-electron chi connectivity index (χ3n) is 2.79. The summed E-state index contributed by atoms with van der Waals surface area (Å²) in [6.07, 6.45) is 3.43. The Bertz CT molecular complexity index is 298. The van der Waals surface area contributed by atoms with Gasteiger partial charge in [-0.25, -0.2) is 4.79 Å². The first-order chi connectivity index (χ1) is 10.5. The lowest BCUT2D eigenvalue weighted by Crippen LogP contribution is -2.46. The number of hydrogen-bond donors (Lipinski definition) is 0. The van der Waals surface area contributed by atoms with Crippen molar-refractivity contribution in [3.63, 3.8) is 0 Å². The highest BCUT2D eigenvalue weighted by Gasteiger charge is 2.40. The average Bonchev–Trinajstić information content (AvgIpc) is 2.52. The number of ether oxygens (including phenoxy) is 1. The van der Waals surface area contributed by atoms with E-state index in [1.807, 2.05) is 0 Å². The van der Waals surface area contributed by atoms with Gasteiger partial charge in [0, 0.05) is 31.4 Å². The molecule has 0 aromatic heterocycles. The molecule has 0 radical (unpaired) electrons. The van der Waals surface area contributed by atoms with Crippen molar-refractivity contribution in [2.45, 2.75) is 59.4 Å². The molecule has 0 aromatic rings. The molecule has 22 heavy (non-hydrogen) atoms. The highest BCUT2D eigenvalue weighted by atomic mass is 28.4. The van der Waals surface area contributed by atoms with E-state index in [-0.39, 0.29) is 5.97 Å². The molecule has 0 atom stereocenters. The summed E-state index contributed by atoms with van der Waals surface area (Å²) in [4.78, 5) is 11.4. The summed E-state index contributed by atoms with van der Waals surface area (Å²) in [7, 11) is -2.67. The summed E-state index contributed by atoms with van der Waals surface area (Å²) in [6.45, 7) is 13.6. The Morgan fingerprint density at radius 1 is 0.909 bits per heavy atom. The minimum absolute atomic E-state index is 0.334. The summed E-state index contributed by atoms with van der Waals surface area (Å²) in [5.41, 5.74) is 0.412. The molecule has 0 rings (SSSR count). The third kappa shape index (κ3) is 9.35. The van der Waals surface area contributed by atoms with Gasteiger partial charge >= 0.3 is 14.8 Å². The molecular weight excluding hydrogens is 300 g/mol. The normalized spacial score (nSPS) is 11.5. The third-order valence-corrected chi connectivity index (χ3v) is 5.68. The summed E-state index contributed by atoms with van der Waals surface area (Å²) in [5, 5.41) is 0. The highest BCUT2D eigenvalue weighted by Crippen LogP contribution is 2.19. The van der Waals surface area contributed by atoms with Crippen LogP contribution in [0.15, 0.2) is 12.2 Å². The predicted molar refractivity (Wildman–Crippen MR) is 89.7 cm³/mol. The fourth-order valence-corrected chi connectivity index (χ4v) is 4.50. The van der Waals surface area contributed by atoms with Crippen molar-refractivity contribution in [1.29, 1.82) is 0 Å². The second kappa shape index (κ2) is 12.8. The molecule has 0 aromatic carbocycles. The molecule has 0 aliphatic heterocycles. The van der Waals surface area contributed by atoms with E-state index >= 15 is 0 Å². The van der Waals surface area contributed by atoms with Gasteiger partial charge in [-0.3, -0.25) is 0 Å². The Morgan fingerprint density at radius 2 is 1.36 bits per heavy atom. The van der Waals surface area contributed by atoms with Gasteiger partial charge in [-0.15, -0.1) is 0 Å². The minimum Gasteiger partial charge on any atom is -0.462 e. The molecular formula is C16H32O5Si. The molecule has 0 amide bonds. The molecule has 5 nitrogen and oxygen atoms in total. The van der Waals surface area contributed by atoms with Crippen molar-refractivity contribution >= 4 is 14.8 Å². The van der Waals surface area contributed by atoms with Crippen molar-refractivity contribution in [3.8, 4) is 0 Å². The lowest BCUT2D eigenvalue weighted by Gasteiger charge is -2.29. The Labute approximate surface area is 136 Å². The van der Waals surface area contributed by atoms with Gasteiger partial charge in [0.05, 0.1) is 6.61 Å². The second-order valence-electron chi connectivity index (χ2n) is 5.25. The predicted octanol–water partition coefficient (Wildman–Crippen LogP) is 3.71. The van der Waals surface area contributed by atoms with Gasteiger partial charge in [0.1, 0.15) is 0 Å². The number of rotatable bonds is 14. The SMILES string of the molecule is C=C(C)C(=O)OCCC[Si](OCCC)(OCCC)OCCC. The van der Waals surface area contributed by atoms with Crippen LogP contribution in [0.5, 0.6) is 0 Å². The minimum atomic E-state index is -2.67. The van der Waals surface area contributed by atoms with Crippen LogP contribution in [0.2, 0.25) is 6.04 Å². The van der Waals surface area contributed by atoms with Crippen molar-refractivity contribution in [1.82, 2.24) is 0 Å². The Hall–Kier alpha value is -0.693. The summed E-state index contributed by atoms with van der Waals surface area (Å²) in [5.74, 6) is -0.356. The number of carbonyl (C=O) groups is 1. The standard InChI is InChI=1S/C16H32O5Si/c1-6-10-19-22(20-11-7-2,21-12-8-3)14-9-13-18-16(17)15(4)5/h4,6-14H2,1-3,5H3. The zero-order chi connectivity index (χ0) is 16.8. The van der Waals surface area contributed by atoms with Crippen LogP contribution in [0.4, 0.5) is 0 Å². The highest BCUT2D eigenvalue weighted by molar-refractivity contribution is 6.60. The number of esters is 1. The van der Waals surface area contributed by atoms with Gasteiger partial charge in [-0.1, -0.05) is 27.4 Å². The lowest BCUT2D eigenvalue weighted by atomic mass is 10.4. The van der Waals surface area contributed by atoms with E-state index in [4.69, 9.17) is 18.0 Å². The topological polar surface area (TPSA) is 54.0 Å². The van der Waals surface area contributed by atoms with Crippen molar-refractivity contribution < 1.29 is 22.8 Å². The fourth-order valence-electron chi connectivity index (χ4n) is 1.69. The largest absolute Gasteiger partial charge is 0.501 e. The van der Waals surface area contributed by atoms with Crippen LogP contribution >= 0.6 is 0 Å². The number of carbonyl (C=O) groups excluding carboxylic acids is 1. The number of hydrogen-bond acceptors (Lipinski definition) is 5. The summed E-state index contributed by atoms with van der Waals surface area (Å²) in [6, 6.07) is 0.663. The van der Waals surface area contributed by atoms with Crippen molar-refractivity contribution in [3.05, 3.63) is 12.2 Å². The van der Waals surface area contributed by atoms with Gasteiger partial charge < -0.3 is 18.0 Å². The molecule has 6 heteroatoms. The van der Waals surface area contributed by atoms with Gasteiger partial charge in [0.2, 0.25) is 0 Å². The quantitative estimate of drug-likeness (QED) is 0.210. The monoisotopic (exact) mass is 332 g/mol. The molecule has 0 aliphatic rings. The fraction of sp³-hybridized carbons (Fsp3) is 0.812. The van der Waals surface area contributed by atoms with Gasteiger partial charge in [0.15, 0.2) is 0 Å². The lowest BCUT2D eigenvalue weighted by molar-refractivity contribution is -0.139. The summed E-state index contributed by atoms with van der Waals surface area (Å²) >= 11 is 0. The van der Waals surface area contributed by atoms with Crippen LogP contribution < -0.4 is 0 Å². The van der Waals surface area contributed by atoms with E-state index in [9.17, 15) is 4.79 Å². The van der Waals surface area contributed by atoms with Gasteiger partial charge in [-0.2, -0.15) is 0 Å². The first-order valence-electron chi connectivity index (χ1n) is 8.25. The zero-order valence-corrected chi connectivity index (χ0v) is 15.6. The van der Waals surface area contributed by atoms with Gasteiger partial charge in [0.25, 0.3) is 0 Å². The van der Waals surface area contributed by atoms with E-state index in [1.165, 1.54) is 0 Å². The molecule has 0 saturated carbocycles. The van der Waals surface area contributed by atoms with Crippen LogP contribution in [0, 0.1) is 0 Å². The molecule has 0 saturated heterocycles. The van der Waals surface area contributed by atoms with Crippen LogP contribution in [0.1, 0.15) is 53.4 Å². The van der Waals surface area contributed by atoms with E-state index < -0.39 is 8.80 Å². The maximum absolute atomic E-state index is 11.4. The molecule has 0 heterocycles. The molecule has 0 fully saturated rings. The molecule has 130 valence electrons. The molecule has 0 N–H and O–H groups in total. The van der Waals surface area contributed by atoms with Crippen LogP contribution in [0.3, 0.4) is 0 Å². The Morgan fingerprint density at radius 3 is 1.73 bits per heavy atom. The maximum atomic E-state index is 11.4. The van der Waals surface area contributed by atoms with Crippen LogP contribution in [-0.2, 0) is 22.8 Å². The first kappa shape index (κ1) is 21.3. The Kier molecular flexibility index (Phi) is 12.4. The molecule has 0 aliphatic carbocycles. The van der Waals surface area contributed by atoms with Crippen LogP contribution in [0.25, 0.3) is 0 Å². The summed E-state index contributed by atoms with van der Waals surface area (Å²) < 4.78 is 23.1. The maximum Gasteiger partial charge on any atom is 0.501 e. The van der Waals surface area contributed by atoms with E-state index in [2.05, 4.69) is 27.4 Å². The second-order valence-corrected chi connectivity index (χ2v) is 7.98.